The molecule has 3 aromatic rings. The molecule has 6 nitrogen and oxygen atoms in total. The molecule has 0 unspecified atom stereocenters. The van der Waals surface area contributed by atoms with E-state index < -0.39 is 0 Å². The van der Waals surface area contributed by atoms with E-state index in [1.54, 1.807) is 25.0 Å². The van der Waals surface area contributed by atoms with Crippen molar-refractivity contribution < 1.29 is 9.53 Å². The first-order valence-corrected chi connectivity index (χ1v) is 9.15. The second kappa shape index (κ2) is 8.52. The summed E-state index contributed by atoms with van der Waals surface area (Å²) in [6.45, 7) is 6.28. The van der Waals surface area contributed by atoms with E-state index in [0.717, 1.165) is 22.7 Å². The van der Waals surface area contributed by atoms with Crippen molar-refractivity contribution in [1.82, 2.24) is 9.97 Å². The number of benzene rings is 2. The molecule has 1 amide bonds. The Kier molecular flexibility index (Phi) is 5.89. The van der Waals surface area contributed by atoms with E-state index in [9.17, 15) is 4.79 Å². The smallest absolute Gasteiger partial charge is 0.277 e. The summed E-state index contributed by atoms with van der Waals surface area (Å²) in [5, 5.41) is 3.22. The summed E-state index contributed by atoms with van der Waals surface area (Å²) in [6.07, 6.45) is 0. The van der Waals surface area contributed by atoms with E-state index in [2.05, 4.69) is 15.3 Å². The van der Waals surface area contributed by atoms with Gasteiger partial charge < -0.3 is 15.0 Å². The molecule has 0 fully saturated rings. The normalized spacial score (nSPS) is 10.4. The van der Waals surface area contributed by atoms with Crippen molar-refractivity contribution in [2.75, 3.05) is 23.9 Å². The van der Waals surface area contributed by atoms with Gasteiger partial charge in [0.05, 0.1) is 7.11 Å². The number of rotatable bonds is 6. The van der Waals surface area contributed by atoms with Gasteiger partial charge in [-0.3, -0.25) is 4.79 Å². The van der Waals surface area contributed by atoms with E-state index in [4.69, 9.17) is 4.74 Å². The van der Waals surface area contributed by atoms with E-state index in [1.165, 1.54) is 0 Å². The van der Waals surface area contributed by atoms with Crippen LogP contribution in [0.3, 0.4) is 0 Å². The summed E-state index contributed by atoms with van der Waals surface area (Å²) >= 11 is 0. The van der Waals surface area contributed by atoms with Crippen molar-refractivity contribution in [3.63, 3.8) is 0 Å². The van der Waals surface area contributed by atoms with E-state index in [0.29, 0.717) is 23.9 Å². The van der Waals surface area contributed by atoms with Gasteiger partial charge >= 0.3 is 0 Å². The molecule has 1 N–H and O–H groups in total. The highest BCUT2D eigenvalue weighted by Crippen LogP contribution is 2.21. The second-order valence-corrected chi connectivity index (χ2v) is 6.43. The quantitative estimate of drug-likeness (QED) is 0.685. The molecular formula is C22H24N4O2. The molecule has 0 bridgehead atoms. The van der Waals surface area contributed by atoms with Gasteiger partial charge in [0.2, 0.25) is 0 Å². The zero-order valence-electron chi connectivity index (χ0n) is 16.6. The number of methoxy groups -OCH3 is 1. The number of aryl methyl sites for hydroxylation is 2. The van der Waals surface area contributed by atoms with Gasteiger partial charge in [-0.2, -0.15) is 0 Å². The lowest BCUT2D eigenvalue weighted by Gasteiger charge is -2.21. The molecule has 0 aliphatic heterocycles. The van der Waals surface area contributed by atoms with Gasteiger partial charge in [0.15, 0.2) is 0 Å². The number of nitrogens with one attached hydrogen (secondary N) is 1. The summed E-state index contributed by atoms with van der Waals surface area (Å²) in [4.78, 5) is 23.6. The van der Waals surface area contributed by atoms with Crippen LogP contribution in [-0.4, -0.2) is 29.5 Å². The second-order valence-electron chi connectivity index (χ2n) is 6.43. The topological polar surface area (TPSA) is 67.4 Å². The van der Waals surface area contributed by atoms with Crippen LogP contribution in [0.15, 0.2) is 54.6 Å². The number of ether oxygens (including phenoxy) is 1. The fraction of sp³-hybridized carbons (Fsp3) is 0.227. The first-order valence-electron chi connectivity index (χ1n) is 9.15. The van der Waals surface area contributed by atoms with Crippen LogP contribution in [0.1, 0.15) is 28.8 Å². The van der Waals surface area contributed by atoms with Crippen molar-refractivity contribution >= 4 is 23.1 Å². The number of aromatic nitrogens is 2. The van der Waals surface area contributed by atoms with Crippen molar-refractivity contribution in [2.45, 2.75) is 20.8 Å². The summed E-state index contributed by atoms with van der Waals surface area (Å²) in [7, 11) is 1.63. The zero-order valence-corrected chi connectivity index (χ0v) is 16.6. The molecule has 0 radical (unpaired) electrons. The Balaban J connectivity index is 1.87. The van der Waals surface area contributed by atoms with Gasteiger partial charge in [-0.25, -0.2) is 9.97 Å². The summed E-state index contributed by atoms with van der Waals surface area (Å²) in [5.41, 5.74) is 3.16. The highest BCUT2D eigenvalue weighted by Gasteiger charge is 2.19. The van der Waals surface area contributed by atoms with E-state index in [-0.39, 0.29) is 5.91 Å². The maximum atomic E-state index is 13.1. The van der Waals surface area contributed by atoms with Crippen LogP contribution >= 0.6 is 0 Å². The Morgan fingerprint density at radius 2 is 1.82 bits per heavy atom. The average Bonchev–Trinajstić information content (AvgIpc) is 2.69. The molecule has 0 saturated carbocycles. The lowest BCUT2D eigenvalue weighted by atomic mass is 10.2. The highest BCUT2D eigenvalue weighted by atomic mass is 16.5. The Hall–Kier alpha value is -3.41. The Morgan fingerprint density at radius 1 is 1.07 bits per heavy atom. The Labute approximate surface area is 165 Å². The molecule has 1 aromatic heterocycles. The number of hydrogen-bond acceptors (Lipinski definition) is 5. The summed E-state index contributed by atoms with van der Waals surface area (Å²) < 4.78 is 5.17. The highest BCUT2D eigenvalue weighted by molar-refractivity contribution is 6.05. The van der Waals surface area contributed by atoms with Gasteiger partial charge in [0.1, 0.15) is 23.1 Å². The number of nitrogens with zero attached hydrogens (tertiary/aromatic N) is 3. The molecule has 144 valence electrons. The maximum absolute atomic E-state index is 13.1. The number of anilines is 3. The van der Waals surface area contributed by atoms with E-state index in [1.807, 2.05) is 62.4 Å². The molecule has 3 rings (SSSR count). The number of carbonyl (C=O) groups is 1. The Morgan fingerprint density at radius 3 is 2.46 bits per heavy atom. The third kappa shape index (κ3) is 4.46. The zero-order chi connectivity index (χ0) is 20.1. The molecular weight excluding hydrogens is 352 g/mol. The maximum Gasteiger partial charge on any atom is 0.277 e. The molecule has 0 saturated heterocycles. The van der Waals surface area contributed by atoms with Crippen LogP contribution in [0.5, 0.6) is 5.75 Å². The molecule has 0 aliphatic carbocycles. The minimum absolute atomic E-state index is 0.156. The number of carbonyl (C=O) groups excluding carboxylic acids is 1. The van der Waals surface area contributed by atoms with Crippen LogP contribution < -0.4 is 15.0 Å². The third-order valence-corrected chi connectivity index (χ3v) is 4.29. The molecule has 0 atom stereocenters. The molecule has 28 heavy (non-hydrogen) atoms. The predicted molar refractivity (Wildman–Crippen MR) is 112 cm³/mol. The van der Waals surface area contributed by atoms with Gasteiger partial charge in [-0.05, 0) is 62.7 Å². The molecule has 6 heteroatoms. The lowest BCUT2D eigenvalue weighted by Crippen LogP contribution is -2.31. The van der Waals surface area contributed by atoms with Crippen LogP contribution in [0, 0.1) is 13.8 Å². The van der Waals surface area contributed by atoms with Crippen LogP contribution in [0.2, 0.25) is 0 Å². The predicted octanol–water partition coefficient (Wildman–Crippen LogP) is 4.51. The fourth-order valence-electron chi connectivity index (χ4n) is 2.94. The van der Waals surface area contributed by atoms with Crippen LogP contribution in [0.4, 0.5) is 17.2 Å². The Bertz CT molecular complexity index is 971. The standard InChI is InChI=1S/C22H24N4O2/c1-5-26(18-8-6-7-15(2)13-18)22(27)20-14-21(24-16(3)23-20)25-17-9-11-19(28-4)12-10-17/h6-14H,5H2,1-4H3,(H,23,24,25). The first-order chi connectivity index (χ1) is 13.5. The van der Waals surface area contributed by atoms with Crippen LogP contribution in [-0.2, 0) is 0 Å². The van der Waals surface area contributed by atoms with Gasteiger partial charge in [-0.1, -0.05) is 12.1 Å². The van der Waals surface area contributed by atoms with Crippen LogP contribution in [0.25, 0.3) is 0 Å². The van der Waals surface area contributed by atoms with Gasteiger partial charge in [0.25, 0.3) is 5.91 Å². The molecule has 0 aliphatic rings. The van der Waals surface area contributed by atoms with Gasteiger partial charge in [0, 0.05) is 24.0 Å². The molecule has 0 spiro atoms. The molecule has 2 aromatic carbocycles. The fourth-order valence-corrected chi connectivity index (χ4v) is 2.94. The van der Waals surface area contributed by atoms with Crippen molar-refractivity contribution in [2.24, 2.45) is 0 Å². The molecule has 1 heterocycles. The van der Waals surface area contributed by atoms with Crippen molar-refractivity contribution in [3.8, 4) is 5.75 Å². The monoisotopic (exact) mass is 376 g/mol. The lowest BCUT2D eigenvalue weighted by molar-refractivity contribution is 0.0983. The third-order valence-electron chi connectivity index (χ3n) is 4.29. The van der Waals surface area contributed by atoms with E-state index >= 15 is 0 Å². The van der Waals surface area contributed by atoms with Crippen molar-refractivity contribution in [3.05, 3.63) is 71.7 Å². The first kappa shape index (κ1) is 19.4. The number of hydrogen-bond donors (Lipinski definition) is 1. The number of amides is 1. The van der Waals surface area contributed by atoms with Gasteiger partial charge in [-0.15, -0.1) is 0 Å². The average molecular weight is 376 g/mol. The summed E-state index contributed by atoms with van der Waals surface area (Å²) in [5.74, 6) is 1.72. The summed E-state index contributed by atoms with van der Waals surface area (Å²) in [6, 6.07) is 17.1. The van der Waals surface area contributed by atoms with Crippen molar-refractivity contribution in [1.29, 1.82) is 0 Å². The SMILES string of the molecule is CCN(C(=O)c1cc(Nc2ccc(OC)cc2)nc(C)n1)c1cccc(C)c1. The minimum atomic E-state index is -0.156. The minimum Gasteiger partial charge on any atom is -0.497 e. The largest absolute Gasteiger partial charge is 0.497 e.